The smallest absolute Gasteiger partial charge is 0.267 e. The van der Waals surface area contributed by atoms with Crippen LogP contribution in [-0.4, -0.2) is 31.6 Å². The van der Waals surface area contributed by atoms with E-state index in [9.17, 15) is 14.7 Å². The lowest BCUT2D eigenvalue weighted by molar-refractivity contribution is 0.0945. The highest BCUT2D eigenvalue weighted by molar-refractivity contribution is 5.96. The molecule has 0 bridgehead atoms. The monoisotopic (exact) mass is 379 g/mol. The molecule has 3 N–H and O–H groups in total. The molecule has 0 aliphatic carbocycles. The predicted octanol–water partition coefficient (Wildman–Crippen LogP) is 0.644. The molecule has 4 aromatic rings. The number of nitrogens with zero attached hydrogens (tertiary/aromatic N) is 3. The van der Waals surface area contributed by atoms with E-state index in [1.165, 1.54) is 21.3 Å². The number of carbonyl (C=O) groups is 1. The maximum Gasteiger partial charge on any atom is 0.267 e. The molecule has 0 fully saturated rings. The van der Waals surface area contributed by atoms with E-state index in [0.717, 1.165) is 0 Å². The molecule has 0 atom stereocenters. The number of amides is 1. The van der Waals surface area contributed by atoms with Gasteiger partial charge in [0, 0.05) is 12.7 Å². The van der Waals surface area contributed by atoms with Gasteiger partial charge in [-0.25, -0.2) is 4.98 Å². The standard InChI is InChI=1S/C19H17N5O4/c20-16-13(18(26)21-11-12-4-3-9-28-12)10-14-17(24(16)7-8-25)22-15-5-1-2-6-23(15)19(14)27/h1-6,9-10,20,25H,7-8,11H2,(H,21,26). The minimum absolute atomic E-state index is 0.0160. The number of hydrogen-bond acceptors (Lipinski definition) is 6. The molecule has 0 aromatic carbocycles. The van der Waals surface area contributed by atoms with Crippen molar-refractivity contribution in [1.29, 1.82) is 5.41 Å². The molecule has 0 saturated heterocycles. The number of pyridine rings is 2. The van der Waals surface area contributed by atoms with Crippen LogP contribution in [0.1, 0.15) is 16.1 Å². The van der Waals surface area contributed by atoms with Gasteiger partial charge in [-0.2, -0.15) is 0 Å². The third-order valence-electron chi connectivity index (χ3n) is 4.39. The quantitative estimate of drug-likeness (QED) is 0.439. The van der Waals surface area contributed by atoms with Crippen molar-refractivity contribution in [3.8, 4) is 0 Å². The van der Waals surface area contributed by atoms with E-state index in [2.05, 4.69) is 10.3 Å². The Labute approximate surface area is 158 Å². The van der Waals surface area contributed by atoms with Gasteiger partial charge in [0.2, 0.25) is 0 Å². The molecule has 9 heteroatoms. The summed E-state index contributed by atoms with van der Waals surface area (Å²) in [6, 6.07) is 9.94. The van der Waals surface area contributed by atoms with Crippen LogP contribution in [0.25, 0.3) is 16.7 Å². The molecule has 0 spiro atoms. The zero-order chi connectivity index (χ0) is 19.7. The van der Waals surface area contributed by atoms with E-state index in [1.54, 1.807) is 36.5 Å². The first kappa shape index (κ1) is 17.7. The highest BCUT2D eigenvalue weighted by atomic mass is 16.3. The molecule has 9 nitrogen and oxygen atoms in total. The number of hydrogen-bond donors (Lipinski definition) is 3. The zero-order valence-electron chi connectivity index (χ0n) is 14.8. The second-order valence-electron chi connectivity index (χ2n) is 6.13. The fourth-order valence-electron chi connectivity index (χ4n) is 3.05. The number of nitrogens with one attached hydrogen (secondary N) is 2. The third-order valence-corrected chi connectivity index (χ3v) is 4.39. The van der Waals surface area contributed by atoms with Gasteiger partial charge < -0.3 is 19.4 Å². The lowest BCUT2D eigenvalue weighted by Crippen LogP contribution is -2.35. The van der Waals surface area contributed by atoms with E-state index in [-0.39, 0.29) is 47.3 Å². The van der Waals surface area contributed by atoms with Crippen LogP contribution in [0.2, 0.25) is 0 Å². The summed E-state index contributed by atoms with van der Waals surface area (Å²) in [6.07, 6.45) is 3.09. The van der Waals surface area contributed by atoms with Gasteiger partial charge in [-0.05, 0) is 30.3 Å². The highest BCUT2D eigenvalue weighted by Crippen LogP contribution is 2.10. The maximum absolute atomic E-state index is 12.9. The second-order valence-corrected chi connectivity index (χ2v) is 6.13. The van der Waals surface area contributed by atoms with Gasteiger partial charge in [-0.15, -0.1) is 0 Å². The largest absolute Gasteiger partial charge is 0.467 e. The number of carbonyl (C=O) groups excluding carboxylic acids is 1. The maximum atomic E-state index is 12.9. The number of furan rings is 1. The van der Waals surface area contributed by atoms with Gasteiger partial charge in [0.25, 0.3) is 11.5 Å². The molecule has 0 aliphatic rings. The molecular weight excluding hydrogens is 362 g/mol. The van der Waals surface area contributed by atoms with Crippen molar-refractivity contribution < 1.29 is 14.3 Å². The summed E-state index contributed by atoms with van der Waals surface area (Å²) in [5, 5.41) is 20.7. The van der Waals surface area contributed by atoms with Gasteiger partial charge in [-0.1, -0.05) is 6.07 Å². The molecule has 0 unspecified atom stereocenters. The van der Waals surface area contributed by atoms with Gasteiger partial charge in [0.05, 0.1) is 30.4 Å². The van der Waals surface area contributed by atoms with E-state index in [4.69, 9.17) is 9.83 Å². The van der Waals surface area contributed by atoms with E-state index in [1.807, 2.05) is 0 Å². The number of rotatable bonds is 5. The fraction of sp³-hybridized carbons (Fsp3) is 0.158. The average Bonchev–Trinajstić information content (AvgIpc) is 3.22. The number of fused-ring (bicyclic) bond motifs is 2. The topological polar surface area (TPSA) is 126 Å². The molecule has 0 saturated carbocycles. The Morgan fingerprint density at radius 3 is 2.89 bits per heavy atom. The Hall–Kier alpha value is -3.72. The van der Waals surface area contributed by atoms with Crippen molar-refractivity contribution in [3.05, 3.63) is 76.0 Å². The van der Waals surface area contributed by atoms with Gasteiger partial charge in [-0.3, -0.25) is 19.4 Å². The van der Waals surface area contributed by atoms with Crippen molar-refractivity contribution in [2.75, 3.05) is 6.61 Å². The number of aliphatic hydroxyl groups is 1. The van der Waals surface area contributed by atoms with Gasteiger partial charge >= 0.3 is 0 Å². The Bertz CT molecular complexity index is 1290. The molecule has 4 rings (SSSR count). The Morgan fingerprint density at radius 2 is 2.14 bits per heavy atom. The molecule has 142 valence electrons. The van der Waals surface area contributed by atoms with Crippen LogP contribution >= 0.6 is 0 Å². The predicted molar refractivity (Wildman–Crippen MR) is 99.8 cm³/mol. The van der Waals surface area contributed by atoms with Crippen molar-refractivity contribution in [2.45, 2.75) is 13.1 Å². The first-order valence-electron chi connectivity index (χ1n) is 8.61. The van der Waals surface area contributed by atoms with Crippen LogP contribution in [0.4, 0.5) is 0 Å². The van der Waals surface area contributed by atoms with Gasteiger partial charge in [0.15, 0.2) is 0 Å². The van der Waals surface area contributed by atoms with Gasteiger partial charge in [0.1, 0.15) is 22.5 Å². The van der Waals surface area contributed by atoms with Crippen LogP contribution < -0.4 is 16.4 Å². The summed E-state index contributed by atoms with van der Waals surface area (Å²) in [5.41, 5.74) is 0.194. The fourth-order valence-corrected chi connectivity index (χ4v) is 3.05. The van der Waals surface area contributed by atoms with E-state index in [0.29, 0.717) is 11.4 Å². The lowest BCUT2D eigenvalue weighted by Gasteiger charge is -2.13. The summed E-state index contributed by atoms with van der Waals surface area (Å²) >= 11 is 0. The van der Waals surface area contributed by atoms with Crippen LogP contribution in [-0.2, 0) is 13.1 Å². The van der Waals surface area contributed by atoms with Crippen LogP contribution in [0, 0.1) is 5.41 Å². The van der Waals surface area contributed by atoms with Crippen LogP contribution in [0.3, 0.4) is 0 Å². The van der Waals surface area contributed by atoms with Crippen molar-refractivity contribution in [2.24, 2.45) is 0 Å². The van der Waals surface area contributed by atoms with Crippen LogP contribution in [0.5, 0.6) is 0 Å². The number of aliphatic hydroxyl groups excluding tert-OH is 1. The first-order chi connectivity index (χ1) is 13.6. The van der Waals surface area contributed by atoms with Crippen LogP contribution in [0.15, 0.2) is 58.1 Å². The minimum Gasteiger partial charge on any atom is -0.467 e. The molecule has 0 radical (unpaired) electrons. The summed E-state index contributed by atoms with van der Waals surface area (Å²) in [6.45, 7) is -0.0820. The van der Waals surface area contributed by atoms with Crippen molar-refractivity contribution in [1.82, 2.24) is 19.3 Å². The normalized spacial score (nSPS) is 11.2. The highest BCUT2D eigenvalue weighted by Gasteiger charge is 2.17. The summed E-state index contributed by atoms with van der Waals surface area (Å²) in [7, 11) is 0. The first-order valence-corrected chi connectivity index (χ1v) is 8.61. The molecular formula is C19H17N5O4. The van der Waals surface area contributed by atoms with Crippen molar-refractivity contribution in [3.63, 3.8) is 0 Å². The molecule has 28 heavy (non-hydrogen) atoms. The summed E-state index contributed by atoms with van der Waals surface area (Å²) < 4.78 is 7.93. The average molecular weight is 379 g/mol. The Balaban J connectivity index is 1.89. The Morgan fingerprint density at radius 1 is 1.29 bits per heavy atom. The molecule has 0 aliphatic heterocycles. The SMILES string of the molecule is N=c1c(C(=O)NCc2ccco2)cc2c(=O)n3ccccc3nc2n1CCO. The van der Waals surface area contributed by atoms with E-state index >= 15 is 0 Å². The van der Waals surface area contributed by atoms with E-state index < -0.39 is 5.91 Å². The second kappa shape index (κ2) is 7.12. The molecule has 4 heterocycles. The minimum atomic E-state index is -0.521. The number of aromatic nitrogens is 3. The third kappa shape index (κ3) is 2.97. The van der Waals surface area contributed by atoms with Crippen molar-refractivity contribution >= 4 is 22.6 Å². The molecule has 4 aromatic heterocycles. The Kier molecular flexibility index (Phi) is 4.50. The summed E-state index contributed by atoms with van der Waals surface area (Å²) in [4.78, 5) is 30.0. The molecule has 1 amide bonds. The zero-order valence-corrected chi connectivity index (χ0v) is 14.8. The summed E-state index contributed by atoms with van der Waals surface area (Å²) in [5.74, 6) is 0.0455. The lowest BCUT2D eigenvalue weighted by atomic mass is 10.2.